The van der Waals surface area contributed by atoms with Crippen LogP contribution in [0.4, 0.5) is 0 Å². The van der Waals surface area contributed by atoms with Crippen LogP contribution in [0, 0.1) is 0 Å². The van der Waals surface area contributed by atoms with Gasteiger partial charge in [-0.3, -0.25) is 0 Å². The van der Waals surface area contributed by atoms with E-state index in [1.54, 1.807) is 0 Å². The van der Waals surface area contributed by atoms with Gasteiger partial charge in [0.2, 0.25) is 0 Å². The number of thiocarbonyl (C=S) groups is 1. The summed E-state index contributed by atoms with van der Waals surface area (Å²) in [6.45, 7) is 3.75. The Morgan fingerprint density at radius 1 is 1.44 bits per heavy atom. The SMILES string of the molecule is CCc1cccc(CC2OCCNC2=S)c1. The van der Waals surface area contributed by atoms with Crippen molar-refractivity contribution in [2.45, 2.75) is 25.9 Å². The largest absolute Gasteiger partial charge is 0.375 e. The zero-order chi connectivity index (χ0) is 11.4. The second kappa shape index (κ2) is 5.41. The first-order chi connectivity index (χ1) is 7.79. The lowest BCUT2D eigenvalue weighted by Crippen LogP contribution is -2.44. The van der Waals surface area contributed by atoms with Gasteiger partial charge in [0.25, 0.3) is 0 Å². The first kappa shape index (κ1) is 11.6. The predicted octanol–water partition coefficient (Wildman–Crippen LogP) is 2.11. The molecule has 1 aromatic rings. The van der Waals surface area contributed by atoms with Crippen molar-refractivity contribution in [3.05, 3.63) is 35.4 Å². The zero-order valence-corrected chi connectivity index (χ0v) is 10.3. The quantitative estimate of drug-likeness (QED) is 0.811. The maximum Gasteiger partial charge on any atom is 0.112 e. The van der Waals surface area contributed by atoms with Crippen LogP contribution in [-0.4, -0.2) is 24.2 Å². The molecule has 1 saturated heterocycles. The average Bonchev–Trinajstić information content (AvgIpc) is 2.32. The van der Waals surface area contributed by atoms with Crippen molar-refractivity contribution in [1.29, 1.82) is 0 Å². The van der Waals surface area contributed by atoms with Crippen LogP contribution in [-0.2, 0) is 17.6 Å². The van der Waals surface area contributed by atoms with Crippen molar-refractivity contribution in [1.82, 2.24) is 5.32 Å². The van der Waals surface area contributed by atoms with Crippen molar-refractivity contribution in [3.63, 3.8) is 0 Å². The second-order valence-corrected chi connectivity index (χ2v) is 4.47. The summed E-state index contributed by atoms with van der Waals surface area (Å²) in [4.78, 5) is 0.841. The van der Waals surface area contributed by atoms with Gasteiger partial charge in [-0.2, -0.15) is 0 Å². The molecule has 16 heavy (non-hydrogen) atoms. The van der Waals surface area contributed by atoms with Crippen molar-refractivity contribution >= 4 is 17.2 Å². The maximum absolute atomic E-state index is 5.66. The van der Waals surface area contributed by atoms with Crippen LogP contribution in [0.3, 0.4) is 0 Å². The van der Waals surface area contributed by atoms with Crippen LogP contribution in [0.1, 0.15) is 18.1 Å². The van der Waals surface area contributed by atoms with E-state index in [9.17, 15) is 0 Å². The molecule has 1 heterocycles. The smallest absolute Gasteiger partial charge is 0.112 e. The highest BCUT2D eigenvalue weighted by atomic mass is 32.1. The number of morpholine rings is 1. The molecule has 0 aromatic heterocycles. The summed E-state index contributed by atoms with van der Waals surface area (Å²) in [5.41, 5.74) is 2.67. The van der Waals surface area contributed by atoms with Gasteiger partial charge in [0.15, 0.2) is 0 Å². The summed E-state index contributed by atoms with van der Waals surface area (Å²) in [6, 6.07) is 8.63. The second-order valence-electron chi connectivity index (χ2n) is 4.03. The van der Waals surface area contributed by atoms with Crippen LogP contribution in [0.15, 0.2) is 24.3 Å². The van der Waals surface area contributed by atoms with Gasteiger partial charge in [0, 0.05) is 13.0 Å². The number of hydrogen-bond acceptors (Lipinski definition) is 2. The Bertz CT molecular complexity index is 378. The molecule has 0 aliphatic carbocycles. The fraction of sp³-hybridized carbons (Fsp3) is 0.462. The van der Waals surface area contributed by atoms with E-state index in [1.807, 2.05) is 0 Å². The Kier molecular flexibility index (Phi) is 3.91. The molecule has 1 aromatic carbocycles. The molecule has 1 aliphatic rings. The van der Waals surface area contributed by atoms with Gasteiger partial charge in [-0.1, -0.05) is 43.4 Å². The van der Waals surface area contributed by atoms with Crippen LogP contribution >= 0.6 is 12.2 Å². The Morgan fingerprint density at radius 2 is 2.25 bits per heavy atom. The number of hydrogen-bond donors (Lipinski definition) is 1. The molecule has 1 N–H and O–H groups in total. The van der Waals surface area contributed by atoms with Gasteiger partial charge in [0.05, 0.1) is 6.61 Å². The molecule has 1 atom stereocenters. The predicted molar refractivity (Wildman–Crippen MR) is 69.9 cm³/mol. The Morgan fingerprint density at radius 3 is 3.00 bits per heavy atom. The van der Waals surface area contributed by atoms with Crippen molar-refractivity contribution in [2.75, 3.05) is 13.2 Å². The van der Waals surface area contributed by atoms with Crippen molar-refractivity contribution in [2.24, 2.45) is 0 Å². The third kappa shape index (κ3) is 2.80. The zero-order valence-electron chi connectivity index (χ0n) is 9.53. The highest BCUT2D eigenvalue weighted by Crippen LogP contribution is 2.12. The molecule has 0 amide bonds. The van der Waals surface area contributed by atoms with E-state index >= 15 is 0 Å². The van der Waals surface area contributed by atoms with Crippen LogP contribution in [0.2, 0.25) is 0 Å². The van der Waals surface area contributed by atoms with Gasteiger partial charge >= 0.3 is 0 Å². The van der Waals surface area contributed by atoms with Crippen LogP contribution < -0.4 is 5.32 Å². The van der Waals surface area contributed by atoms with E-state index in [0.29, 0.717) is 0 Å². The lowest BCUT2D eigenvalue weighted by molar-refractivity contribution is 0.0870. The van der Waals surface area contributed by atoms with Gasteiger partial charge in [-0.25, -0.2) is 0 Å². The average molecular weight is 235 g/mol. The van der Waals surface area contributed by atoms with E-state index in [-0.39, 0.29) is 6.10 Å². The minimum atomic E-state index is 0.0517. The van der Waals surface area contributed by atoms with Gasteiger partial charge < -0.3 is 10.1 Å². The third-order valence-corrected chi connectivity index (χ3v) is 3.24. The topological polar surface area (TPSA) is 21.3 Å². The Balaban J connectivity index is 2.04. The van der Waals surface area contributed by atoms with Gasteiger partial charge in [-0.15, -0.1) is 0 Å². The maximum atomic E-state index is 5.66. The van der Waals surface area contributed by atoms with Crippen LogP contribution in [0.5, 0.6) is 0 Å². The fourth-order valence-corrected chi connectivity index (χ4v) is 2.16. The molecule has 0 saturated carbocycles. The first-order valence-corrected chi connectivity index (χ1v) is 6.17. The standard InChI is InChI=1S/C13H17NOS/c1-2-10-4-3-5-11(8-10)9-12-13(16)14-6-7-15-12/h3-5,8,12H,2,6-7,9H2,1H3,(H,14,16). The molecule has 1 unspecified atom stereocenters. The van der Waals surface area contributed by atoms with Crippen molar-refractivity contribution in [3.8, 4) is 0 Å². The minimum absolute atomic E-state index is 0.0517. The minimum Gasteiger partial charge on any atom is -0.375 e. The summed E-state index contributed by atoms with van der Waals surface area (Å²) in [5.74, 6) is 0. The number of rotatable bonds is 3. The molecule has 3 heteroatoms. The highest BCUT2D eigenvalue weighted by molar-refractivity contribution is 7.80. The molecular formula is C13H17NOS. The third-order valence-electron chi connectivity index (χ3n) is 2.83. The lowest BCUT2D eigenvalue weighted by atomic mass is 10.0. The first-order valence-electron chi connectivity index (χ1n) is 5.76. The van der Waals surface area contributed by atoms with E-state index in [4.69, 9.17) is 17.0 Å². The Labute approximate surface area is 102 Å². The summed E-state index contributed by atoms with van der Waals surface area (Å²) >= 11 is 5.25. The monoisotopic (exact) mass is 235 g/mol. The Hall–Kier alpha value is -0.930. The molecule has 2 nitrogen and oxygen atoms in total. The molecule has 86 valence electrons. The normalized spacial score (nSPS) is 20.6. The summed E-state index contributed by atoms with van der Waals surface area (Å²) < 4.78 is 5.66. The number of aryl methyl sites for hydroxylation is 1. The molecule has 1 fully saturated rings. The van der Waals surface area contributed by atoms with E-state index in [2.05, 4.69) is 36.5 Å². The number of benzene rings is 1. The highest BCUT2D eigenvalue weighted by Gasteiger charge is 2.19. The molecule has 2 rings (SSSR count). The summed E-state index contributed by atoms with van der Waals surface area (Å²) in [6.07, 6.45) is 2.00. The van der Waals surface area contributed by atoms with E-state index in [1.165, 1.54) is 11.1 Å². The molecule has 0 spiro atoms. The number of nitrogens with one attached hydrogen (secondary N) is 1. The lowest BCUT2D eigenvalue weighted by Gasteiger charge is -2.25. The van der Waals surface area contributed by atoms with E-state index in [0.717, 1.165) is 31.0 Å². The molecule has 1 aliphatic heterocycles. The summed E-state index contributed by atoms with van der Waals surface area (Å²) in [7, 11) is 0. The molecular weight excluding hydrogens is 218 g/mol. The van der Waals surface area contributed by atoms with Crippen molar-refractivity contribution < 1.29 is 4.74 Å². The van der Waals surface area contributed by atoms with Gasteiger partial charge in [0.1, 0.15) is 11.1 Å². The number of ether oxygens (including phenoxy) is 1. The molecule has 0 radical (unpaired) electrons. The van der Waals surface area contributed by atoms with Crippen LogP contribution in [0.25, 0.3) is 0 Å². The summed E-state index contributed by atoms with van der Waals surface area (Å²) in [5, 5.41) is 3.19. The van der Waals surface area contributed by atoms with Gasteiger partial charge in [-0.05, 0) is 17.5 Å². The van der Waals surface area contributed by atoms with E-state index < -0.39 is 0 Å². The molecule has 0 bridgehead atoms. The fourth-order valence-electron chi connectivity index (χ4n) is 1.91.